The van der Waals surface area contributed by atoms with E-state index >= 15 is 0 Å². The molecule has 0 saturated carbocycles. The van der Waals surface area contributed by atoms with E-state index in [-0.39, 0.29) is 0 Å². The van der Waals surface area contributed by atoms with E-state index in [1.54, 1.807) is 5.57 Å². The summed E-state index contributed by atoms with van der Waals surface area (Å²) in [6, 6.07) is 0. The van der Waals surface area contributed by atoms with Gasteiger partial charge in [0.15, 0.2) is 0 Å². The van der Waals surface area contributed by atoms with Gasteiger partial charge < -0.3 is 0 Å². The maximum absolute atomic E-state index is 3.82. The van der Waals surface area contributed by atoms with Gasteiger partial charge in [-0.15, -0.1) is 0 Å². The Morgan fingerprint density at radius 1 is 1.67 bits per heavy atom. The summed E-state index contributed by atoms with van der Waals surface area (Å²) in [6.07, 6.45) is 7.81. The van der Waals surface area contributed by atoms with Gasteiger partial charge in [0.05, 0.1) is 0 Å². The van der Waals surface area contributed by atoms with E-state index < -0.39 is 0 Å². The number of rotatable bonds is 2. The van der Waals surface area contributed by atoms with Gasteiger partial charge in [0.1, 0.15) is 0 Å². The molecule has 0 fully saturated rings. The molecule has 0 amide bonds. The van der Waals surface area contributed by atoms with E-state index in [0.717, 1.165) is 6.42 Å². The van der Waals surface area contributed by atoms with Gasteiger partial charge in [-0.2, -0.15) is 0 Å². The predicted octanol–water partition coefficient (Wildman–Crippen LogP) is 2.88. The van der Waals surface area contributed by atoms with Crippen molar-refractivity contribution < 1.29 is 0 Å². The lowest BCUT2D eigenvalue weighted by Crippen LogP contribution is -1.79. The van der Waals surface area contributed by atoms with Crippen LogP contribution in [0, 0.1) is 6.92 Å². The van der Waals surface area contributed by atoms with Gasteiger partial charge in [0.25, 0.3) is 0 Å². The second-order valence-electron chi connectivity index (χ2n) is 2.50. The molecule has 0 heterocycles. The SMILES string of the molecule is [CH2]CCC1=C(C)C=CC1. The van der Waals surface area contributed by atoms with Gasteiger partial charge in [-0.3, -0.25) is 0 Å². The van der Waals surface area contributed by atoms with Gasteiger partial charge in [0.2, 0.25) is 0 Å². The summed E-state index contributed by atoms with van der Waals surface area (Å²) in [6.45, 7) is 6.00. The van der Waals surface area contributed by atoms with Crippen LogP contribution in [0.2, 0.25) is 0 Å². The van der Waals surface area contributed by atoms with Crippen molar-refractivity contribution in [1.82, 2.24) is 0 Å². The molecule has 1 rings (SSSR count). The summed E-state index contributed by atoms with van der Waals surface area (Å²) in [5.74, 6) is 0. The fraction of sp³-hybridized carbons (Fsp3) is 0.444. The summed E-state index contributed by atoms with van der Waals surface area (Å²) in [5.41, 5.74) is 3.03. The molecule has 49 valence electrons. The minimum atomic E-state index is 1.04. The third-order valence-corrected chi connectivity index (χ3v) is 1.77. The quantitative estimate of drug-likeness (QED) is 0.527. The average Bonchev–Trinajstić information content (AvgIpc) is 2.18. The van der Waals surface area contributed by atoms with Crippen molar-refractivity contribution in [3.63, 3.8) is 0 Å². The fourth-order valence-electron chi connectivity index (χ4n) is 1.17. The Bertz CT molecular complexity index is 149. The first-order chi connectivity index (χ1) is 4.34. The summed E-state index contributed by atoms with van der Waals surface area (Å²) >= 11 is 0. The van der Waals surface area contributed by atoms with Crippen LogP contribution in [0.15, 0.2) is 23.3 Å². The van der Waals surface area contributed by atoms with Gasteiger partial charge in [-0.05, 0) is 26.2 Å². The second kappa shape index (κ2) is 2.86. The molecule has 1 aliphatic rings. The normalized spacial score (nSPS) is 17.6. The van der Waals surface area contributed by atoms with E-state index in [0.29, 0.717) is 0 Å². The fourth-order valence-corrected chi connectivity index (χ4v) is 1.17. The van der Waals surface area contributed by atoms with Crippen molar-refractivity contribution in [1.29, 1.82) is 0 Å². The highest BCUT2D eigenvalue weighted by molar-refractivity contribution is 5.31. The molecule has 0 aliphatic heterocycles. The van der Waals surface area contributed by atoms with Crippen LogP contribution in [0.1, 0.15) is 26.2 Å². The lowest BCUT2D eigenvalue weighted by atomic mass is 10.1. The van der Waals surface area contributed by atoms with Crippen LogP contribution >= 0.6 is 0 Å². The Kier molecular flexibility index (Phi) is 2.10. The predicted molar refractivity (Wildman–Crippen MR) is 41.0 cm³/mol. The van der Waals surface area contributed by atoms with Gasteiger partial charge in [0, 0.05) is 0 Å². The molecular formula is C9H13. The molecule has 0 spiro atoms. The molecular weight excluding hydrogens is 108 g/mol. The third kappa shape index (κ3) is 1.44. The summed E-state index contributed by atoms with van der Waals surface area (Å²) in [5, 5.41) is 0. The molecule has 1 aliphatic carbocycles. The van der Waals surface area contributed by atoms with E-state index in [2.05, 4.69) is 26.0 Å². The molecule has 0 N–H and O–H groups in total. The first kappa shape index (κ1) is 6.60. The molecule has 0 aromatic carbocycles. The number of hydrogen-bond acceptors (Lipinski definition) is 0. The molecule has 0 aromatic heterocycles. The molecule has 0 bridgehead atoms. The van der Waals surface area contributed by atoms with Gasteiger partial charge >= 0.3 is 0 Å². The largest absolute Gasteiger partial charge is 0.0802 e. The molecule has 0 atom stereocenters. The number of hydrogen-bond donors (Lipinski definition) is 0. The van der Waals surface area contributed by atoms with Crippen LogP contribution in [0.3, 0.4) is 0 Å². The highest BCUT2D eigenvalue weighted by Crippen LogP contribution is 2.21. The van der Waals surface area contributed by atoms with Crippen LogP contribution in [-0.2, 0) is 0 Å². The smallest absolute Gasteiger partial charge is 0.0130 e. The Morgan fingerprint density at radius 3 is 2.89 bits per heavy atom. The van der Waals surface area contributed by atoms with Crippen molar-refractivity contribution in [2.45, 2.75) is 26.2 Å². The topological polar surface area (TPSA) is 0 Å². The van der Waals surface area contributed by atoms with Crippen molar-refractivity contribution in [3.05, 3.63) is 30.2 Å². The standard InChI is InChI=1S/C9H13/c1-3-5-9-7-4-6-8(9)2/h4,6H,1,3,5,7H2,2H3. The number of allylic oxidation sites excluding steroid dienone is 4. The molecule has 0 heteroatoms. The van der Waals surface area contributed by atoms with Crippen LogP contribution in [0.4, 0.5) is 0 Å². The van der Waals surface area contributed by atoms with E-state index in [4.69, 9.17) is 0 Å². The Labute approximate surface area is 57.3 Å². The van der Waals surface area contributed by atoms with Gasteiger partial charge in [-0.1, -0.05) is 30.2 Å². The maximum atomic E-state index is 3.82. The monoisotopic (exact) mass is 121 g/mol. The highest BCUT2D eigenvalue weighted by atomic mass is 14.1. The van der Waals surface area contributed by atoms with Crippen molar-refractivity contribution >= 4 is 0 Å². The van der Waals surface area contributed by atoms with Gasteiger partial charge in [-0.25, -0.2) is 0 Å². The second-order valence-corrected chi connectivity index (χ2v) is 2.50. The van der Waals surface area contributed by atoms with Crippen LogP contribution in [0.5, 0.6) is 0 Å². The minimum absolute atomic E-state index is 1.04. The van der Waals surface area contributed by atoms with Crippen molar-refractivity contribution in [2.24, 2.45) is 0 Å². The minimum Gasteiger partial charge on any atom is -0.0802 e. The molecule has 0 aromatic rings. The average molecular weight is 121 g/mol. The van der Waals surface area contributed by atoms with Crippen molar-refractivity contribution in [3.8, 4) is 0 Å². The van der Waals surface area contributed by atoms with E-state index in [9.17, 15) is 0 Å². The van der Waals surface area contributed by atoms with Crippen LogP contribution in [-0.4, -0.2) is 0 Å². The first-order valence-electron chi connectivity index (χ1n) is 3.49. The first-order valence-corrected chi connectivity index (χ1v) is 3.49. The molecule has 1 radical (unpaired) electrons. The zero-order valence-corrected chi connectivity index (χ0v) is 5.98. The summed E-state index contributed by atoms with van der Waals surface area (Å²) in [7, 11) is 0. The van der Waals surface area contributed by atoms with E-state index in [1.807, 2.05) is 0 Å². The highest BCUT2D eigenvalue weighted by Gasteiger charge is 2.01. The Balaban J connectivity index is 2.51. The van der Waals surface area contributed by atoms with Crippen LogP contribution < -0.4 is 0 Å². The summed E-state index contributed by atoms with van der Waals surface area (Å²) in [4.78, 5) is 0. The van der Waals surface area contributed by atoms with Crippen LogP contribution in [0.25, 0.3) is 0 Å². The Morgan fingerprint density at radius 2 is 2.44 bits per heavy atom. The lowest BCUT2D eigenvalue weighted by Gasteiger charge is -1.98. The molecule has 9 heavy (non-hydrogen) atoms. The molecule has 0 unspecified atom stereocenters. The lowest BCUT2D eigenvalue weighted by molar-refractivity contribution is 0.937. The third-order valence-electron chi connectivity index (χ3n) is 1.77. The van der Waals surface area contributed by atoms with E-state index in [1.165, 1.54) is 18.4 Å². The van der Waals surface area contributed by atoms with Crippen molar-refractivity contribution in [2.75, 3.05) is 0 Å². The maximum Gasteiger partial charge on any atom is -0.0130 e. The molecule has 0 saturated heterocycles. The summed E-state index contributed by atoms with van der Waals surface area (Å²) < 4.78 is 0. The zero-order valence-electron chi connectivity index (χ0n) is 5.98. The Hall–Kier alpha value is -0.520. The molecule has 0 nitrogen and oxygen atoms in total. The zero-order chi connectivity index (χ0) is 6.69.